The molecule has 0 unspecified atom stereocenters. The molecule has 0 saturated carbocycles. The van der Waals surface area contributed by atoms with Gasteiger partial charge in [-0.2, -0.15) is 13.2 Å². The summed E-state index contributed by atoms with van der Waals surface area (Å²) in [5.41, 5.74) is 6.52. The molecule has 1 aromatic carbocycles. The van der Waals surface area contributed by atoms with E-state index in [0.717, 1.165) is 50.9 Å². The van der Waals surface area contributed by atoms with E-state index in [1.165, 1.54) is 12.3 Å². The van der Waals surface area contributed by atoms with Crippen LogP contribution in [0.4, 0.5) is 19.1 Å². The molecule has 2 fully saturated rings. The van der Waals surface area contributed by atoms with Crippen LogP contribution in [-0.2, 0) is 11.0 Å². The second-order valence-electron chi connectivity index (χ2n) is 8.73. The lowest BCUT2D eigenvalue weighted by Gasteiger charge is -2.39. The third-order valence-corrected chi connectivity index (χ3v) is 6.51. The Morgan fingerprint density at radius 1 is 1.12 bits per heavy atom. The summed E-state index contributed by atoms with van der Waals surface area (Å²) < 4.78 is 39.9. The van der Waals surface area contributed by atoms with Crippen LogP contribution in [-0.4, -0.2) is 52.4 Å². The maximum Gasteiger partial charge on any atom is 0.416 e. The highest BCUT2D eigenvalue weighted by atomic mass is 19.4. The average molecular weight is 448 g/mol. The van der Waals surface area contributed by atoms with Crippen molar-refractivity contribution in [2.75, 3.05) is 32.4 Å². The summed E-state index contributed by atoms with van der Waals surface area (Å²) in [7, 11) is 2.05. The molecule has 0 radical (unpaired) electrons. The van der Waals surface area contributed by atoms with Gasteiger partial charge in [-0.3, -0.25) is 4.79 Å². The minimum atomic E-state index is -4.45. The molecule has 6 nitrogen and oxygen atoms in total. The number of hydrogen-bond acceptors (Lipinski definition) is 5. The molecule has 0 aliphatic carbocycles. The van der Waals surface area contributed by atoms with Crippen LogP contribution in [0.2, 0.25) is 0 Å². The normalized spacial score (nSPS) is 21.0. The number of aromatic nitrogens is 2. The van der Waals surface area contributed by atoms with Gasteiger partial charge in [0, 0.05) is 24.2 Å². The quantitative estimate of drug-likeness (QED) is 0.766. The zero-order chi connectivity index (χ0) is 22.9. The van der Waals surface area contributed by atoms with Gasteiger partial charge < -0.3 is 15.5 Å². The Morgan fingerprint density at radius 2 is 1.88 bits per heavy atom. The topological polar surface area (TPSA) is 75.4 Å². The van der Waals surface area contributed by atoms with E-state index in [-0.39, 0.29) is 23.8 Å². The number of amides is 1. The molecule has 9 heteroatoms. The first-order valence-corrected chi connectivity index (χ1v) is 11.0. The molecule has 1 amide bonds. The molecule has 172 valence electrons. The van der Waals surface area contributed by atoms with Crippen molar-refractivity contribution in [3.8, 4) is 11.1 Å². The van der Waals surface area contributed by atoms with E-state index >= 15 is 0 Å². The summed E-state index contributed by atoms with van der Waals surface area (Å²) in [6, 6.07) is 4.80. The maximum atomic E-state index is 13.4. The van der Waals surface area contributed by atoms with Gasteiger partial charge in [-0.05, 0) is 69.9 Å². The molecular weight excluding hydrogens is 419 g/mol. The van der Waals surface area contributed by atoms with Crippen molar-refractivity contribution in [3.05, 3.63) is 41.7 Å². The number of nitrogens with two attached hydrogens (primary N) is 1. The van der Waals surface area contributed by atoms with Gasteiger partial charge in [-0.15, -0.1) is 0 Å². The number of alkyl halides is 3. The fraction of sp³-hybridized carbons (Fsp3) is 0.522. The van der Waals surface area contributed by atoms with Crippen LogP contribution in [0.15, 0.2) is 30.5 Å². The predicted octanol–water partition coefficient (Wildman–Crippen LogP) is 4.14. The van der Waals surface area contributed by atoms with Crippen molar-refractivity contribution < 1.29 is 18.0 Å². The number of benzene rings is 1. The van der Waals surface area contributed by atoms with Crippen LogP contribution in [0.5, 0.6) is 0 Å². The van der Waals surface area contributed by atoms with E-state index in [2.05, 4.69) is 21.9 Å². The van der Waals surface area contributed by atoms with Crippen LogP contribution in [0.1, 0.15) is 49.4 Å². The van der Waals surface area contributed by atoms with Crippen LogP contribution >= 0.6 is 0 Å². The van der Waals surface area contributed by atoms with Crippen LogP contribution < -0.4 is 5.73 Å². The number of nitrogen functional groups attached to an aromatic ring is 1. The fourth-order valence-corrected chi connectivity index (χ4v) is 4.72. The van der Waals surface area contributed by atoms with Gasteiger partial charge >= 0.3 is 6.18 Å². The van der Waals surface area contributed by atoms with Crippen molar-refractivity contribution in [1.29, 1.82) is 0 Å². The van der Waals surface area contributed by atoms with Gasteiger partial charge in [-0.1, -0.05) is 12.1 Å². The van der Waals surface area contributed by atoms with Crippen LogP contribution in [0, 0.1) is 5.92 Å². The highest BCUT2D eigenvalue weighted by molar-refractivity contribution is 5.80. The summed E-state index contributed by atoms with van der Waals surface area (Å²) in [6.07, 6.45) is 1.14. The predicted molar refractivity (Wildman–Crippen MR) is 115 cm³/mol. The minimum absolute atomic E-state index is 0.0389. The number of halogens is 3. The smallest absolute Gasteiger partial charge is 0.368 e. The third-order valence-electron chi connectivity index (χ3n) is 6.51. The number of rotatable bonds is 3. The number of carbonyl (C=O) groups excluding carboxylic acids is 1. The Bertz CT molecular complexity index is 972. The molecule has 0 bridgehead atoms. The van der Waals surface area contributed by atoms with Crippen molar-refractivity contribution in [1.82, 2.24) is 19.8 Å². The fourth-order valence-electron chi connectivity index (χ4n) is 4.72. The van der Waals surface area contributed by atoms with Gasteiger partial charge in [0.05, 0.1) is 17.3 Å². The Kier molecular flexibility index (Phi) is 6.37. The van der Waals surface area contributed by atoms with E-state index < -0.39 is 11.7 Å². The van der Waals surface area contributed by atoms with Gasteiger partial charge in [0.2, 0.25) is 11.9 Å². The number of nitrogens with zero attached hydrogens (tertiary/aromatic N) is 4. The van der Waals surface area contributed by atoms with Gasteiger partial charge in [0.15, 0.2) is 0 Å². The molecule has 2 aliphatic rings. The minimum Gasteiger partial charge on any atom is -0.368 e. The number of carbonyl (C=O) groups is 1. The lowest BCUT2D eigenvalue weighted by Crippen LogP contribution is -2.45. The average Bonchev–Trinajstić information content (AvgIpc) is 2.78. The Morgan fingerprint density at radius 3 is 2.59 bits per heavy atom. The molecule has 1 atom stereocenters. The highest BCUT2D eigenvalue weighted by Crippen LogP contribution is 2.39. The Hall–Kier alpha value is -2.68. The number of likely N-dealkylation sites (tertiary alicyclic amines) is 2. The largest absolute Gasteiger partial charge is 0.416 e. The van der Waals surface area contributed by atoms with E-state index in [0.29, 0.717) is 29.8 Å². The van der Waals surface area contributed by atoms with Crippen molar-refractivity contribution in [2.24, 2.45) is 5.92 Å². The monoisotopic (exact) mass is 447 g/mol. The van der Waals surface area contributed by atoms with Crippen LogP contribution in [0.3, 0.4) is 0 Å². The number of hydrogen-bond donors (Lipinski definition) is 1. The van der Waals surface area contributed by atoms with E-state index in [9.17, 15) is 18.0 Å². The first-order valence-electron chi connectivity index (χ1n) is 11.0. The first kappa shape index (κ1) is 22.5. The SMILES string of the molecule is CN1CCC(C(=O)N2CCCC[C@H]2c2nc(N)ncc2-c2cccc(C(F)(F)F)c2)CC1. The zero-order valence-corrected chi connectivity index (χ0v) is 18.1. The molecule has 3 heterocycles. The summed E-state index contributed by atoms with van der Waals surface area (Å²) in [5, 5.41) is 0. The molecule has 1 aromatic heterocycles. The van der Waals surface area contributed by atoms with Crippen molar-refractivity contribution in [3.63, 3.8) is 0 Å². The summed E-state index contributed by atoms with van der Waals surface area (Å²) >= 11 is 0. The highest BCUT2D eigenvalue weighted by Gasteiger charge is 2.36. The summed E-state index contributed by atoms with van der Waals surface area (Å²) in [4.78, 5) is 26.0. The second kappa shape index (κ2) is 9.05. The van der Waals surface area contributed by atoms with Crippen molar-refractivity contribution >= 4 is 11.9 Å². The molecule has 2 aromatic rings. The third kappa shape index (κ3) is 4.72. The molecule has 4 rings (SSSR count). The summed E-state index contributed by atoms with van der Waals surface area (Å²) in [6.45, 7) is 2.37. The molecule has 2 saturated heterocycles. The van der Waals surface area contributed by atoms with Crippen molar-refractivity contribution in [2.45, 2.75) is 44.3 Å². The van der Waals surface area contributed by atoms with Gasteiger partial charge in [0.1, 0.15) is 0 Å². The number of piperidine rings is 2. The lowest BCUT2D eigenvalue weighted by atomic mass is 9.90. The molecular formula is C23H28F3N5O. The van der Waals surface area contributed by atoms with E-state index in [1.54, 1.807) is 6.07 Å². The standard InChI is InChI=1S/C23H28F3N5O/c1-30-11-8-15(9-12-30)21(32)31-10-3-2-7-19(31)20-18(14-28-22(27)29-20)16-5-4-6-17(13-16)23(24,25)26/h4-6,13-15,19H,2-3,7-12H2,1H3,(H2,27,28,29)/t19-/m0/s1. The lowest BCUT2D eigenvalue weighted by molar-refractivity contribution is -0.141. The zero-order valence-electron chi connectivity index (χ0n) is 18.1. The Balaban J connectivity index is 1.70. The molecule has 2 N–H and O–H groups in total. The van der Waals surface area contributed by atoms with E-state index in [1.807, 2.05) is 4.90 Å². The van der Waals surface area contributed by atoms with Gasteiger partial charge in [0.25, 0.3) is 0 Å². The summed E-state index contributed by atoms with van der Waals surface area (Å²) in [5.74, 6) is 0.117. The molecule has 0 spiro atoms. The van der Waals surface area contributed by atoms with Crippen LogP contribution in [0.25, 0.3) is 11.1 Å². The molecule has 32 heavy (non-hydrogen) atoms. The maximum absolute atomic E-state index is 13.4. The second-order valence-corrected chi connectivity index (χ2v) is 8.73. The first-order chi connectivity index (χ1) is 15.2. The number of anilines is 1. The van der Waals surface area contributed by atoms with E-state index in [4.69, 9.17) is 5.73 Å². The van der Waals surface area contributed by atoms with Gasteiger partial charge in [-0.25, -0.2) is 9.97 Å². The Labute approximate surface area is 185 Å². The molecule has 2 aliphatic heterocycles.